The Morgan fingerprint density at radius 2 is 1.38 bits per heavy atom. The first-order valence-corrected chi connectivity index (χ1v) is 14.0. The summed E-state index contributed by atoms with van der Waals surface area (Å²) in [5, 5.41) is 1.20. The number of halogens is 3. The number of fused-ring (bicyclic) bond motifs is 5. The average molecular weight is 585 g/mol. The molecule has 4 aromatic rings. The van der Waals surface area contributed by atoms with Gasteiger partial charge in [0.1, 0.15) is 11.5 Å². The van der Waals surface area contributed by atoms with Gasteiger partial charge < -0.3 is 4.90 Å². The number of nitrogens with zero attached hydrogens (tertiary/aromatic N) is 1. The second kappa shape index (κ2) is 9.17. The lowest BCUT2D eigenvalue weighted by atomic mass is 9.64. The van der Waals surface area contributed by atoms with E-state index in [0.717, 1.165) is 11.3 Å². The summed E-state index contributed by atoms with van der Waals surface area (Å²) in [7, 11) is 0. The van der Waals surface area contributed by atoms with Gasteiger partial charge in [-0.1, -0.05) is 95.5 Å². The van der Waals surface area contributed by atoms with Crippen molar-refractivity contribution in [3.05, 3.63) is 140 Å². The third-order valence-corrected chi connectivity index (χ3v) is 9.22. The third kappa shape index (κ3) is 3.37. The molecule has 4 nitrogen and oxygen atoms in total. The zero-order valence-electron chi connectivity index (χ0n) is 20.9. The molecule has 1 fully saturated rings. The molecule has 40 heavy (non-hydrogen) atoms. The summed E-state index contributed by atoms with van der Waals surface area (Å²) in [4.78, 5) is 45.8. The van der Waals surface area contributed by atoms with Crippen LogP contribution in [-0.4, -0.2) is 29.4 Å². The molecule has 2 aliphatic heterocycles. The van der Waals surface area contributed by atoms with Gasteiger partial charge in [0.25, 0.3) is 0 Å². The molecule has 7 heteroatoms. The normalized spacial score (nSPS) is 21.9. The molecule has 0 aromatic heterocycles. The summed E-state index contributed by atoms with van der Waals surface area (Å²) in [5.41, 5.74) is 1.68. The van der Waals surface area contributed by atoms with Crippen LogP contribution in [0.5, 0.6) is 0 Å². The number of hydrogen-bond donors (Lipinski definition) is 0. The van der Waals surface area contributed by atoms with E-state index < -0.39 is 23.4 Å². The van der Waals surface area contributed by atoms with Crippen LogP contribution in [0.4, 0.5) is 5.69 Å². The van der Waals surface area contributed by atoms with E-state index in [9.17, 15) is 14.4 Å². The van der Waals surface area contributed by atoms with Crippen LogP contribution in [0.25, 0.3) is 6.08 Å². The van der Waals surface area contributed by atoms with Gasteiger partial charge in [0.15, 0.2) is 17.3 Å². The Morgan fingerprint density at radius 3 is 2.05 bits per heavy atom. The smallest absolute Gasteiger partial charge is 0.185 e. The molecule has 0 amide bonds. The van der Waals surface area contributed by atoms with Gasteiger partial charge in [-0.3, -0.25) is 14.4 Å². The molecule has 0 unspecified atom stereocenters. The van der Waals surface area contributed by atoms with Crippen molar-refractivity contribution < 1.29 is 14.4 Å². The molecule has 1 aliphatic carbocycles. The van der Waals surface area contributed by atoms with Gasteiger partial charge >= 0.3 is 0 Å². The molecule has 0 bridgehead atoms. The van der Waals surface area contributed by atoms with E-state index in [4.69, 9.17) is 34.8 Å². The van der Waals surface area contributed by atoms with Crippen molar-refractivity contribution in [2.45, 2.75) is 18.0 Å². The number of rotatable bonds is 3. The summed E-state index contributed by atoms with van der Waals surface area (Å²) >= 11 is 19.3. The highest BCUT2D eigenvalue weighted by Crippen LogP contribution is 2.61. The minimum atomic E-state index is -1.63. The monoisotopic (exact) mass is 583 g/mol. The maximum Gasteiger partial charge on any atom is 0.185 e. The summed E-state index contributed by atoms with van der Waals surface area (Å²) in [6.45, 7) is 0. The Bertz CT molecular complexity index is 1740. The molecule has 2 heterocycles. The van der Waals surface area contributed by atoms with Gasteiger partial charge in [0.05, 0.1) is 6.04 Å². The van der Waals surface area contributed by atoms with Crippen molar-refractivity contribution in [3.8, 4) is 0 Å². The number of carbonyl (C=O) groups is 3. The predicted octanol–water partition coefficient (Wildman–Crippen LogP) is 7.96. The third-order valence-electron chi connectivity index (χ3n) is 8.41. The van der Waals surface area contributed by atoms with Crippen LogP contribution >= 0.6 is 34.8 Å². The van der Waals surface area contributed by atoms with Crippen LogP contribution in [0.2, 0.25) is 15.1 Å². The van der Waals surface area contributed by atoms with E-state index in [-0.39, 0.29) is 17.3 Å². The average Bonchev–Trinajstić information content (AvgIpc) is 3.39. The number of hydrogen-bond acceptors (Lipinski definition) is 4. The van der Waals surface area contributed by atoms with Crippen LogP contribution in [0, 0.1) is 5.41 Å². The summed E-state index contributed by atoms with van der Waals surface area (Å²) in [6, 6.07) is 24.6. The van der Waals surface area contributed by atoms with Crippen molar-refractivity contribution in [1.29, 1.82) is 0 Å². The lowest BCUT2D eigenvalue weighted by Gasteiger charge is -2.37. The number of para-hydroxylation sites is 1. The number of anilines is 1. The number of carbonyl (C=O) groups excluding carboxylic acids is 3. The van der Waals surface area contributed by atoms with Crippen LogP contribution < -0.4 is 4.90 Å². The molecule has 3 aliphatic rings. The van der Waals surface area contributed by atoms with E-state index in [1.807, 2.05) is 41.3 Å². The first-order chi connectivity index (χ1) is 19.3. The summed E-state index contributed by atoms with van der Waals surface area (Å²) in [5.74, 6) is -1.77. The molecule has 0 radical (unpaired) electrons. The summed E-state index contributed by atoms with van der Waals surface area (Å²) < 4.78 is 0. The fourth-order valence-corrected chi connectivity index (χ4v) is 7.45. The zero-order chi connectivity index (χ0) is 27.8. The Hall–Kier alpha value is -3.70. The molecular formula is C33H20Cl3NO3. The standard InChI is InChI=1S/C33H20Cl3NO3/c34-20-12-9-19(10-13-20)30(38)29-28(24-15-14-21(35)17-25(24)36)33(31(39)22-6-2-3-7-23(22)32(33)40)27-16-11-18-5-1-4-8-26(18)37(27)29/h1-17,27-29H/t27-,28+,29-/m0/s1. The fraction of sp³-hybridized carbons (Fsp3) is 0.121. The maximum atomic E-state index is 14.6. The maximum absolute atomic E-state index is 14.6. The quantitative estimate of drug-likeness (QED) is 0.181. The van der Waals surface area contributed by atoms with E-state index in [1.165, 1.54) is 0 Å². The highest BCUT2D eigenvalue weighted by molar-refractivity contribution is 6.36. The molecule has 7 rings (SSSR count). The molecule has 4 aromatic carbocycles. The Labute approximate surface area is 245 Å². The van der Waals surface area contributed by atoms with Gasteiger partial charge in [-0.15, -0.1) is 0 Å². The first kappa shape index (κ1) is 25.3. The highest BCUT2D eigenvalue weighted by Gasteiger charge is 2.71. The number of benzene rings is 4. The van der Waals surface area contributed by atoms with Crippen molar-refractivity contribution in [1.82, 2.24) is 0 Å². The van der Waals surface area contributed by atoms with Crippen molar-refractivity contribution in [2.24, 2.45) is 5.41 Å². The van der Waals surface area contributed by atoms with Crippen molar-refractivity contribution in [2.75, 3.05) is 4.90 Å². The van der Waals surface area contributed by atoms with Gasteiger partial charge in [0, 0.05) is 43.4 Å². The molecular weight excluding hydrogens is 565 g/mol. The van der Waals surface area contributed by atoms with Crippen LogP contribution in [0.3, 0.4) is 0 Å². The number of ketones is 3. The lowest BCUT2D eigenvalue weighted by molar-refractivity contribution is 0.0666. The molecule has 0 saturated carbocycles. The number of Topliss-reactive ketones (excluding diaryl/α,β-unsaturated/α-hetero) is 3. The SMILES string of the molecule is O=C(c1ccc(Cl)cc1)[C@@H]1[C@@H](c2ccc(Cl)cc2Cl)C2(C(=O)c3ccccc3C2=O)[C@@H]2C=Cc3ccccc3N12. The molecule has 1 saturated heterocycles. The van der Waals surface area contributed by atoms with Gasteiger partial charge in [-0.05, 0) is 53.6 Å². The minimum absolute atomic E-state index is 0.240. The molecule has 1 spiro atoms. The first-order valence-electron chi connectivity index (χ1n) is 12.8. The Kier molecular flexibility index (Phi) is 5.79. The van der Waals surface area contributed by atoms with Crippen LogP contribution in [0.1, 0.15) is 48.1 Å². The van der Waals surface area contributed by atoms with Crippen LogP contribution in [0.15, 0.2) is 97.1 Å². The van der Waals surface area contributed by atoms with E-state index >= 15 is 0 Å². The lowest BCUT2D eigenvalue weighted by Crippen LogP contribution is -2.48. The second-order valence-electron chi connectivity index (χ2n) is 10.3. The Morgan fingerprint density at radius 1 is 0.750 bits per heavy atom. The van der Waals surface area contributed by atoms with Gasteiger partial charge in [-0.2, -0.15) is 0 Å². The van der Waals surface area contributed by atoms with Crippen molar-refractivity contribution in [3.63, 3.8) is 0 Å². The highest BCUT2D eigenvalue weighted by atomic mass is 35.5. The Balaban J connectivity index is 1.56. The second-order valence-corrected chi connectivity index (χ2v) is 11.6. The van der Waals surface area contributed by atoms with E-state index in [1.54, 1.807) is 66.7 Å². The molecule has 0 N–H and O–H groups in total. The van der Waals surface area contributed by atoms with Crippen molar-refractivity contribution >= 4 is 63.9 Å². The van der Waals surface area contributed by atoms with E-state index in [0.29, 0.717) is 37.3 Å². The minimum Gasteiger partial charge on any atom is -0.352 e. The molecule has 3 atom stereocenters. The predicted molar refractivity (Wildman–Crippen MR) is 158 cm³/mol. The topological polar surface area (TPSA) is 54.5 Å². The van der Waals surface area contributed by atoms with E-state index in [2.05, 4.69) is 0 Å². The largest absolute Gasteiger partial charge is 0.352 e. The van der Waals surface area contributed by atoms with Gasteiger partial charge in [-0.25, -0.2) is 0 Å². The zero-order valence-corrected chi connectivity index (χ0v) is 23.1. The van der Waals surface area contributed by atoms with Crippen LogP contribution in [-0.2, 0) is 0 Å². The summed E-state index contributed by atoms with van der Waals surface area (Å²) in [6.07, 6.45) is 3.81. The molecule has 196 valence electrons. The fourth-order valence-electron chi connectivity index (χ4n) is 6.80. The van der Waals surface area contributed by atoms with Gasteiger partial charge in [0.2, 0.25) is 0 Å².